The van der Waals surface area contributed by atoms with Gasteiger partial charge in [0.25, 0.3) is 0 Å². The fraction of sp³-hybridized carbons (Fsp3) is 0.889. The van der Waals surface area contributed by atoms with E-state index in [2.05, 4.69) is 10.2 Å². The Morgan fingerprint density at radius 1 is 1.33 bits per heavy atom. The maximum absolute atomic E-state index is 11.3. The van der Waals surface area contributed by atoms with Gasteiger partial charge in [0.05, 0.1) is 0 Å². The van der Waals surface area contributed by atoms with Crippen LogP contribution in [0.25, 0.3) is 0 Å². The maximum Gasteiger partial charge on any atom is 0.219 e. The van der Waals surface area contributed by atoms with E-state index in [9.17, 15) is 4.79 Å². The van der Waals surface area contributed by atoms with Crippen molar-refractivity contribution in [2.24, 2.45) is 0 Å². The summed E-state index contributed by atoms with van der Waals surface area (Å²) in [4.78, 5) is 13.4. The smallest absolute Gasteiger partial charge is 0.219 e. The van der Waals surface area contributed by atoms with Gasteiger partial charge in [0, 0.05) is 25.6 Å². The first-order valence-electron chi connectivity index (χ1n) is 4.78. The topological polar surface area (TPSA) is 32.3 Å². The molecule has 1 aliphatic carbocycles. The van der Waals surface area contributed by atoms with Crippen LogP contribution in [0.3, 0.4) is 0 Å². The Morgan fingerprint density at radius 3 is 2.50 bits per heavy atom. The lowest BCUT2D eigenvalue weighted by Gasteiger charge is -2.27. The van der Waals surface area contributed by atoms with E-state index in [1.807, 2.05) is 0 Å². The maximum atomic E-state index is 11.3. The number of carbonyl (C=O) groups excluding carboxylic acids is 1. The lowest BCUT2D eigenvalue weighted by molar-refractivity contribution is -0.131. The molecule has 3 nitrogen and oxygen atoms in total. The highest BCUT2D eigenvalue weighted by atomic mass is 16.2. The number of carbonyl (C=O) groups is 1. The van der Waals surface area contributed by atoms with E-state index >= 15 is 0 Å². The van der Waals surface area contributed by atoms with Crippen molar-refractivity contribution in [2.45, 2.75) is 38.3 Å². The number of nitrogens with one attached hydrogen (secondary N) is 1. The average molecular weight is 168 g/mol. The van der Waals surface area contributed by atoms with Crippen molar-refractivity contribution >= 4 is 5.91 Å². The monoisotopic (exact) mass is 168 g/mol. The predicted molar refractivity (Wildman–Crippen MR) is 46.8 cm³/mol. The van der Waals surface area contributed by atoms with Crippen molar-refractivity contribution in [2.75, 3.05) is 13.1 Å². The van der Waals surface area contributed by atoms with Crippen molar-refractivity contribution < 1.29 is 4.79 Å². The van der Waals surface area contributed by atoms with Crippen LogP contribution in [0, 0.1) is 0 Å². The molecule has 0 spiro atoms. The highest BCUT2D eigenvalue weighted by Gasteiger charge is 2.36. The van der Waals surface area contributed by atoms with E-state index in [-0.39, 0.29) is 5.91 Å². The highest BCUT2D eigenvalue weighted by molar-refractivity contribution is 5.74. The molecule has 2 aliphatic rings. The Bertz CT molecular complexity index is 183. The second-order valence-electron chi connectivity index (χ2n) is 3.80. The quantitative estimate of drug-likeness (QED) is 0.645. The van der Waals surface area contributed by atoms with Gasteiger partial charge >= 0.3 is 0 Å². The number of hydrogen-bond acceptors (Lipinski definition) is 2. The summed E-state index contributed by atoms with van der Waals surface area (Å²) in [6.07, 6.45) is 3.57. The Hall–Kier alpha value is -0.570. The van der Waals surface area contributed by atoms with Gasteiger partial charge in [-0.3, -0.25) is 4.79 Å². The fourth-order valence-electron chi connectivity index (χ4n) is 2.04. The van der Waals surface area contributed by atoms with E-state index in [0.29, 0.717) is 12.1 Å². The molecule has 1 N–H and O–H groups in total. The first kappa shape index (κ1) is 8.05. The van der Waals surface area contributed by atoms with Gasteiger partial charge in [0.15, 0.2) is 0 Å². The molecule has 1 saturated heterocycles. The molecule has 1 amide bonds. The fourth-order valence-corrected chi connectivity index (χ4v) is 2.04. The van der Waals surface area contributed by atoms with Crippen LogP contribution in [0.4, 0.5) is 0 Å². The third-order valence-corrected chi connectivity index (χ3v) is 2.73. The van der Waals surface area contributed by atoms with Gasteiger partial charge in [-0.1, -0.05) is 0 Å². The predicted octanol–water partition coefficient (Wildman–Crippen LogP) is 0.359. The first-order chi connectivity index (χ1) is 5.79. The van der Waals surface area contributed by atoms with Crippen molar-refractivity contribution in [3.05, 3.63) is 0 Å². The summed E-state index contributed by atoms with van der Waals surface area (Å²) in [5.74, 6) is 0.256. The normalized spacial score (nSPS) is 28.9. The average Bonchev–Trinajstić information content (AvgIpc) is 2.65. The molecular formula is C9H16N2O. The number of rotatable bonds is 2. The molecule has 0 aromatic rings. The number of amides is 1. The summed E-state index contributed by atoms with van der Waals surface area (Å²) in [6.45, 7) is 3.76. The molecule has 0 unspecified atom stereocenters. The second-order valence-corrected chi connectivity index (χ2v) is 3.80. The van der Waals surface area contributed by atoms with E-state index < -0.39 is 0 Å². The zero-order valence-corrected chi connectivity index (χ0v) is 7.55. The van der Waals surface area contributed by atoms with E-state index in [1.165, 1.54) is 12.8 Å². The molecule has 0 radical (unpaired) electrons. The van der Waals surface area contributed by atoms with Crippen molar-refractivity contribution in [3.63, 3.8) is 0 Å². The molecule has 2 rings (SSSR count). The highest BCUT2D eigenvalue weighted by Crippen LogP contribution is 2.30. The summed E-state index contributed by atoms with van der Waals surface area (Å²) >= 11 is 0. The summed E-state index contributed by atoms with van der Waals surface area (Å²) < 4.78 is 0. The van der Waals surface area contributed by atoms with Gasteiger partial charge in [-0.05, 0) is 25.8 Å². The van der Waals surface area contributed by atoms with Crippen LogP contribution in [0.1, 0.15) is 26.2 Å². The first-order valence-corrected chi connectivity index (χ1v) is 4.78. The van der Waals surface area contributed by atoms with Crippen LogP contribution < -0.4 is 5.32 Å². The molecule has 0 bridgehead atoms. The van der Waals surface area contributed by atoms with Gasteiger partial charge in [-0.15, -0.1) is 0 Å². The van der Waals surface area contributed by atoms with Crippen molar-refractivity contribution in [1.29, 1.82) is 0 Å². The van der Waals surface area contributed by atoms with Gasteiger partial charge in [-0.2, -0.15) is 0 Å². The molecule has 1 saturated carbocycles. The van der Waals surface area contributed by atoms with Gasteiger partial charge in [0.1, 0.15) is 0 Å². The molecule has 0 aromatic heterocycles. The molecule has 2 fully saturated rings. The molecule has 68 valence electrons. The minimum absolute atomic E-state index is 0.256. The lowest BCUT2D eigenvalue weighted by Crippen LogP contribution is -2.41. The molecule has 1 aliphatic heterocycles. The van der Waals surface area contributed by atoms with Crippen LogP contribution in [-0.2, 0) is 4.79 Å². The lowest BCUT2D eigenvalue weighted by atomic mass is 10.2. The summed E-state index contributed by atoms with van der Waals surface area (Å²) in [7, 11) is 0. The van der Waals surface area contributed by atoms with Crippen LogP contribution in [0.15, 0.2) is 0 Å². The summed E-state index contributed by atoms with van der Waals surface area (Å²) in [6, 6.07) is 1.06. The third-order valence-electron chi connectivity index (χ3n) is 2.73. The second kappa shape index (κ2) is 3.05. The Balaban J connectivity index is 1.99. The Morgan fingerprint density at radius 2 is 2.08 bits per heavy atom. The number of nitrogens with zero attached hydrogens (tertiary/aromatic N) is 1. The minimum atomic E-state index is 0.256. The minimum Gasteiger partial charge on any atom is -0.336 e. The summed E-state index contributed by atoms with van der Waals surface area (Å²) in [5, 5.41) is 3.30. The Labute approximate surface area is 73.1 Å². The van der Waals surface area contributed by atoms with Crippen molar-refractivity contribution in [3.8, 4) is 0 Å². The van der Waals surface area contributed by atoms with Gasteiger partial charge in [-0.25, -0.2) is 0 Å². The van der Waals surface area contributed by atoms with E-state index in [0.717, 1.165) is 19.5 Å². The Kier molecular flexibility index (Phi) is 2.05. The van der Waals surface area contributed by atoms with Crippen molar-refractivity contribution in [1.82, 2.24) is 10.2 Å². The van der Waals surface area contributed by atoms with Gasteiger partial charge < -0.3 is 10.2 Å². The van der Waals surface area contributed by atoms with E-state index in [4.69, 9.17) is 0 Å². The molecule has 1 heterocycles. The van der Waals surface area contributed by atoms with E-state index in [1.54, 1.807) is 6.92 Å². The van der Waals surface area contributed by atoms with Crippen LogP contribution in [0.5, 0.6) is 0 Å². The third kappa shape index (κ3) is 1.46. The van der Waals surface area contributed by atoms with Crippen LogP contribution in [-0.4, -0.2) is 36.0 Å². The molecule has 0 aromatic carbocycles. The number of hydrogen-bond donors (Lipinski definition) is 1. The molecule has 12 heavy (non-hydrogen) atoms. The molecule has 1 atom stereocenters. The van der Waals surface area contributed by atoms with Crippen LogP contribution in [0.2, 0.25) is 0 Å². The van der Waals surface area contributed by atoms with Crippen LogP contribution >= 0.6 is 0 Å². The standard InChI is InChI=1S/C9H16N2O/c1-7(12)11(8-2-3-8)9-4-5-10-6-9/h8-10H,2-6H2,1H3/t9-/m0/s1. The largest absolute Gasteiger partial charge is 0.336 e. The van der Waals surface area contributed by atoms with Gasteiger partial charge in [0.2, 0.25) is 5.91 Å². The SMILES string of the molecule is CC(=O)N(C1CC1)[C@H]1CCNC1. The summed E-state index contributed by atoms with van der Waals surface area (Å²) in [5.41, 5.74) is 0. The zero-order chi connectivity index (χ0) is 8.55. The molecule has 3 heteroatoms. The zero-order valence-electron chi connectivity index (χ0n) is 7.55. The molecular weight excluding hydrogens is 152 g/mol.